The molecule has 0 spiro atoms. The molecule has 0 unspecified atom stereocenters. The Balaban J connectivity index is 1.28. The molecule has 0 N–H and O–H groups in total. The minimum absolute atomic E-state index is 0.863. The average Bonchev–Trinajstić information content (AvgIpc) is 3.53. The van der Waals surface area contributed by atoms with E-state index in [0.717, 1.165) is 50.1 Å². The van der Waals surface area contributed by atoms with Crippen LogP contribution in [-0.2, 0) is 0 Å². The first kappa shape index (κ1) is 27.9. The smallest absolute Gasteiger partial charge is 0.137 e. The highest BCUT2D eigenvalue weighted by molar-refractivity contribution is 6.09. The Morgan fingerprint density at radius 2 is 0.854 bits per heavy atom. The van der Waals surface area contributed by atoms with E-state index in [9.17, 15) is 0 Å². The van der Waals surface area contributed by atoms with Gasteiger partial charge in [-0.15, -0.1) is 0 Å². The quantitative estimate of drug-likeness (QED) is 0.185. The van der Waals surface area contributed by atoms with Crippen LogP contribution < -0.4 is 4.90 Å². The minimum atomic E-state index is 0.863. The summed E-state index contributed by atoms with van der Waals surface area (Å²) < 4.78 is 6.50. The minimum Gasteiger partial charge on any atom is -0.456 e. The van der Waals surface area contributed by atoms with Gasteiger partial charge in [0.2, 0.25) is 0 Å². The monoisotopic (exact) mass is 613 g/mol. The van der Waals surface area contributed by atoms with Crippen molar-refractivity contribution in [3.8, 4) is 33.4 Å². The van der Waals surface area contributed by atoms with Crippen molar-refractivity contribution in [1.82, 2.24) is 0 Å². The highest BCUT2D eigenvalue weighted by atomic mass is 16.3. The van der Waals surface area contributed by atoms with Crippen molar-refractivity contribution < 1.29 is 4.42 Å². The van der Waals surface area contributed by atoms with Crippen LogP contribution in [0, 0.1) is 0 Å². The maximum atomic E-state index is 6.50. The largest absolute Gasteiger partial charge is 0.456 e. The zero-order chi connectivity index (χ0) is 31.9. The summed E-state index contributed by atoms with van der Waals surface area (Å²) >= 11 is 0. The Kier molecular flexibility index (Phi) is 6.84. The number of fused-ring (bicyclic) bond motifs is 4. The first-order valence-electron chi connectivity index (χ1n) is 16.3. The van der Waals surface area contributed by atoms with E-state index < -0.39 is 0 Å². The topological polar surface area (TPSA) is 16.4 Å². The molecule has 226 valence electrons. The number of furan rings is 1. The molecule has 0 bridgehead atoms. The summed E-state index contributed by atoms with van der Waals surface area (Å²) in [5.41, 5.74) is 12.0. The zero-order valence-corrected chi connectivity index (χ0v) is 26.3. The van der Waals surface area contributed by atoms with Crippen LogP contribution in [0.2, 0.25) is 0 Å². The number of para-hydroxylation sites is 1. The number of benzene rings is 8. The molecule has 9 rings (SSSR count). The van der Waals surface area contributed by atoms with Crippen LogP contribution >= 0.6 is 0 Å². The van der Waals surface area contributed by atoms with Gasteiger partial charge in [0.25, 0.3) is 0 Å². The predicted octanol–water partition coefficient (Wildman–Crippen LogP) is 13.2. The Labute approximate surface area is 279 Å². The number of nitrogens with zero attached hydrogens (tertiary/aromatic N) is 1. The molecule has 0 saturated carbocycles. The summed E-state index contributed by atoms with van der Waals surface area (Å²) in [4.78, 5) is 2.36. The Hall–Kier alpha value is -6.38. The van der Waals surface area contributed by atoms with E-state index >= 15 is 0 Å². The highest BCUT2D eigenvalue weighted by Crippen LogP contribution is 2.45. The molecule has 0 amide bonds. The van der Waals surface area contributed by atoms with Gasteiger partial charge in [-0.2, -0.15) is 0 Å². The average molecular weight is 614 g/mol. The third-order valence-corrected chi connectivity index (χ3v) is 9.26. The maximum Gasteiger partial charge on any atom is 0.137 e. The molecule has 0 aliphatic heterocycles. The van der Waals surface area contributed by atoms with Gasteiger partial charge in [0, 0.05) is 33.8 Å². The Bertz CT molecular complexity index is 2450. The Morgan fingerprint density at radius 1 is 0.333 bits per heavy atom. The fourth-order valence-corrected chi connectivity index (χ4v) is 6.83. The van der Waals surface area contributed by atoms with Crippen molar-refractivity contribution >= 4 is 49.8 Å². The second-order valence-electron chi connectivity index (χ2n) is 12.2. The van der Waals surface area contributed by atoms with Crippen LogP contribution in [-0.4, -0.2) is 0 Å². The number of rotatable bonds is 6. The number of hydrogen-bond acceptors (Lipinski definition) is 2. The molecule has 48 heavy (non-hydrogen) atoms. The molecule has 2 nitrogen and oxygen atoms in total. The van der Waals surface area contributed by atoms with Crippen LogP contribution in [0.4, 0.5) is 17.1 Å². The zero-order valence-electron chi connectivity index (χ0n) is 26.3. The van der Waals surface area contributed by atoms with Gasteiger partial charge in [-0.05, 0) is 81.1 Å². The molecule has 0 atom stereocenters. The van der Waals surface area contributed by atoms with Crippen molar-refractivity contribution in [2.45, 2.75) is 0 Å². The number of anilines is 3. The lowest BCUT2D eigenvalue weighted by molar-refractivity contribution is 0.669. The van der Waals surface area contributed by atoms with Crippen molar-refractivity contribution in [1.29, 1.82) is 0 Å². The van der Waals surface area contributed by atoms with E-state index in [1.165, 1.54) is 33.0 Å². The van der Waals surface area contributed by atoms with E-state index in [4.69, 9.17) is 4.42 Å². The van der Waals surface area contributed by atoms with Gasteiger partial charge in [0.1, 0.15) is 11.2 Å². The fourth-order valence-electron chi connectivity index (χ4n) is 6.83. The summed E-state index contributed by atoms with van der Waals surface area (Å²) in [6.45, 7) is 0. The second kappa shape index (κ2) is 11.8. The summed E-state index contributed by atoms with van der Waals surface area (Å²) in [5.74, 6) is 0. The van der Waals surface area contributed by atoms with Crippen molar-refractivity contribution in [2.24, 2.45) is 0 Å². The highest BCUT2D eigenvalue weighted by Gasteiger charge is 2.21. The first-order valence-corrected chi connectivity index (χ1v) is 16.3. The lowest BCUT2D eigenvalue weighted by atomic mass is 9.96. The molecule has 0 aliphatic carbocycles. The standard InChI is InChI=1S/C46H31NO/c1-3-11-32(12-4-1)35-21-25-39(26-22-35)47(40-27-23-36(24-28-40)33-13-5-2-6-14-33)44-31-46-43(41-17-9-10-18-45(41)48-46)30-42(44)38-20-19-34-15-7-8-16-37(34)29-38/h1-31H. The second-order valence-corrected chi connectivity index (χ2v) is 12.2. The van der Waals surface area contributed by atoms with Crippen molar-refractivity contribution in [3.05, 3.63) is 188 Å². The normalized spacial score (nSPS) is 11.3. The van der Waals surface area contributed by atoms with Crippen LogP contribution in [0.1, 0.15) is 0 Å². The van der Waals surface area contributed by atoms with Gasteiger partial charge in [0.05, 0.1) is 5.69 Å². The maximum absolute atomic E-state index is 6.50. The number of hydrogen-bond donors (Lipinski definition) is 0. The van der Waals surface area contributed by atoms with Gasteiger partial charge in [-0.3, -0.25) is 0 Å². The first-order chi connectivity index (χ1) is 23.8. The third kappa shape index (κ3) is 5.01. The molecular weight excluding hydrogens is 583 g/mol. The summed E-state index contributed by atoms with van der Waals surface area (Å²) in [6, 6.07) is 67.0. The molecular formula is C46H31NO. The summed E-state index contributed by atoms with van der Waals surface area (Å²) in [5, 5.41) is 4.66. The summed E-state index contributed by atoms with van der Waals surface area (Å²) in [6.07, 6.45) is 0. The SMILES string of the molecule is c1ccc(-c2ccc(N(c3ccc(-c4ccccc4)cc3)c3cc4oc5ccccc5c4cc3-c3ccc4ccccc4c3)cc2)cc1. The van der Waals surface area contributed by atoms with E-state index in [1.807, 2.05) is 12.1 Å². The molecule has 1 aromatic heterocycles. The summed E-state index contributed by atoms with van der Waals surface area (Å²) in [7, 11) is 0. The van der Waals surface area contributed by atoms with Gasteiger partial charge >= 0.3 is 0 Å². The molecule has 9 aromatic rings. The van der Waals surface area contributed by atoms with Crippen LogP contribution in [0.3, 0.4) is 0 Å². The van der Waals surface area contributed by atoms with E-state index in [1.54, 1.807) is 0 Å². The van der Waals surface area contributed by atoms with E-state index in [2.05, 4.69) is 181 Å². The van der Waals surface area contributed by atoms with Gasteiger partial charge < -0.3 is 9.32 Å². The molecule has 0 saturated heterocycles. The van der Waals surface area contributed by atoms with Crippen LogP contribution in [0.5, 0.6) is 0 Å². The van der Waals surface area contributed by atoms with Crippen LogP contribution in [0.25, 0.3) is 66.1 Å². The van der Waals surface area contributed by atoms with Crippen LogP contribution in [0.15, 0.2) is 192 Å². The van der Waals surface area contributed by atoms with Crippen molar-refractivity contribution in [3.63, 3.8) is 0 Å². The van der Waals surface area contributed by atoms with Crippen molar-refractivity contribution in [2.75, 3.05) is 4.90 Å². The molecule has 2 heteroatoms. The third-order valence-electron chi connectivity index (χ3n) is 9.26. The van der Waals surface area contributed by atoms with E-state index in [0.29, 0.717) is 0 Å². The van der Waals surface area contributed by atoms with E-state index in [-0.39, 0.29) is 0 Å². The fraction of sp³-hybridized carbons (Fsp3) is 0. The van der Waals surface area contributed by atoms with Gasteiger partial charge in [-0.1, -0.05) is 140 Å². The predicted molar refractivity (Wildman–Crippen MR) is 202 cm³/mol. The molecule has 0 radical (unpaired) electrons. The molecule has 0 fully saturated rings. The molecule has 0 aliphatic rings. The molecule has 1 heterocycles. The molecule has 8 aromatic carbocycles. The lowest BCUT2D eigenvalue weighted by Gasteiger charge is -2.28. The Morgan fingerprint density at radius 3 is 1.50 bits per heavy atom. The van der Waals surface area contributed by atoms with Gasteiger partial charge in [-0.25, -0.2) is 0 Å². The van der Waals surface area contributed by atoms with Gasteiger partial charge in [0.15, 0.2) is 0 Å². The lowest BCUT2D eigenvalue weighted by Crippen LogP contribution is -2.11.